The maximum absolute atomic E-state index is 13.1. The van der Waals surface area contributed by atoms with Gasteiger partial charge in [-0.2, -0.15) is 0 Å². The lowest BCUT2D eigenvalue weighted by molar-refractivity contribution is -0.161. The number of phosphoric ester groups is 2. The van der Waals surface area contributed by atoms with Crippen molar-refractivity contribution >= 4 is 39.5 Å². The van der Waals surface area contributed by atoms with Gasteiger partial charge >= 0.3 is 39.5 Å². The van der Waals surface area contributed by atoms with Crippen LogP contribution >= 0.6 is 15.6 Å². The molecule has 0 saturated carbocycles. The molecule has 0 aromatic heterocycles. The Labute approximate surface area is 594 Å². The second kappa shape index (κ2) is 68.5. The van der Waals surface area contributed by atoms with E-state index in [4.69, 9.17) is 37.0 Å². The molecule has 0 saturated heterocycles. The van der Waals surface area contributed by atoms with E-state index in [9.17, 15) is 43.2 Å². The van der Waals surface area contributed by atoms with E-state index < -0.39 is 97.5 Å². The Morgan fingerprint density at radius 2 is 0.526 bits per heavy atom. The Hall–Kier alpha value is -1.94. The van der Waals surface area contributed by atoms with Crippen LogP contribution < -0.4 is 0 Å². The zero-order valence-electron chi connectivity index (χ0n) is 63.5. The minimum Gasteiger partial charge on any atom is -0.462 e. The lowest BCUT2D eigenvalue weighted by Crippen LogP contribution is -2.30. The van der Waals surface area contributed by atoms with Crippen LogP contribution in [0, 0.1) is 17.8 Å². The van der Waals surface area contributed by atoms with E-state index in [0.717, 1.165) is 108 Å². The number of unbranched alkanes of at least 4 members (excludes halogenated alkanes) is 42. The summed E-state index contributed by atoms with van der Waals surface area (Å²) in [4.78, 5) is 72.9. The van der Waals surface area contributed by atoms with Crippen LogP contribution in [0.5, 0.6) is 0 Å². The number of ether oxygens (including phenoxy) is 4. The van der Waals surface area contributed by atoms with Gasteiger partial charge < -0.3 is 33.8 Å². The minimum atomic E-state index is -4.96. The topological polar surface area (TPSA) is 237 Å². The van der Waals surface area contributed by atoms with E-state index in [1.54, 1.807) is 0 Å². The molecule has 3 N–H and O–H groups in total. The molecule has 17 nitrogen and oxygen atoms in total. The van der Waals surface area contributed by atoms with Gasteiger partial charge in [0.05, 0.1) is 26.4 Å². The van der Waals surface area contributed by atoms with Crippen LogP contribution in [0.15, 0.2) is 0 Å². The Morgan fingerprint density at radius 3 is 0.784 bits per heavy atom. The van der Waals surface area contributed by atoms with Crippen LogP contribution in [-0.2, 0) is 65.4 Å². The lowest BCUT2D eigenvalue weighted by Gasteiger charge is -2.21. The second-order valence-corrected chi connectivity index (χ2v) is 32.0. The van der Waals surface area contributed by atoms with Gasteiger partial charge in [0.15, 0.2) is 12.2 Å². The first kappa shape index (κ1) is 95.1. The molecule has 0 radical (unpaired) electrons. The van der Waals surface area contributed by atoms with Crippen LogP contribution in [0.4, 0.5) is 0 Å². The molecule has 0 aliphatic heterocycles. The summed E-state index contributed by atoms with van der Waals surface area (Å²) < 4.78 is 68.6. The fraction of sp³-hybridized carbons (Fsp3) is 0.949. The van der Waals surface area contributed by atoms with Crippen molar-refractivity contribution < 1.29 is 80.2 Å². The van der Waals surface area contributed by atoms with E-state index in [2.05, 4.69) is 48.5 Å². The number of phosphoric acid groups is 2. The first-order valence-corrected chi connectivity index (χ1v) is 43.4. The smallest absolute Gasteiger partial charge is 0.462 e. The van der Waals surface area contributed by atoms with Crippen molar-refractivity contribution in [1.82, 2.24) is 0 Å². The molecule has 0 fully saturated rings. The first-order chi connectivity index (χ1) is 46.8. The van der Waals surface area contributed by atoms with Crippen molar-refractivity contribution in [1.29, 1.82) is 0 Å². The fourth-order valence-corrected chi connectivity index (χ4v) is 13.5. The van der Waals surface area contributed by atoms with Gasteiger partial charge in [-0.25, -0.2) is 9.13 Å². The molecule has 97 heavy (non-hydrogen) atoms. The first-order valence-electron chi connectivity index (χ1n) is 40.4. The predicted octanol–water partition coefficient (Wildman–Crippen LogP) is 23.0. The van der Waals surface area contributed by atoms with E-state index in [1.165, 1.54) is 212 Å². The van der Waals surface area contributed by atoms with Gasteiger partial charge in [0.2, 0.25) is 0 Å². The lowest BCUT2D eigenvalue weighted by atomic mass is 9.99. The van der Waals surface area contributed by atoms with Crippen molar-refractivity contribution in [3.63, 3.8) is 0 Å². The summed E-state index contributed by atoms with van der Waals surface area (Å²) in [7, 11) is -9.92. The van der Waals surface area contributed by atoms with Crippen molar-refractivity contribution in [3.8, 4) is 0 Å². The molecule has 0 rings (SSSR count). The van der Waals surface area contributed by atoms with Crippen molar-refractivity contribution in [2.75, 3.05) is 39.6 Å². The molecule has 0 heterocycles. The zero-order valence-corrected chi connectivity index (χ0v) is 65.3. The number of hydrogen-bond donors (Lipinski definition) is 3. The molecular weight excluding hydrogens is 1270 g/mol. The van der Waals surface area contributed by atoms with Crippen LogP contribution in [0.1, 0.15) is 402 Å². The second-order valence-electron chi connectivity index (χ2n) is 29.1. The van der Waals surface area contributed by atoms with Gasteiger partial charge in [0.25, 0.3) is 0 Å². The molecule has 0 aromatic rings. The summed E-state index contributed by atoms with van der Waals surface area (Å²) in [6.07, 6.45) is 55.2. The molecule has 0 aliphatic rings. The van der Waals surface area contributed by atoms with Crippen LogP contribution in [0.3, 0.4) is 0 Å². The van der Waals surface area contributed by atoms with Gasteiger partial charge in [0.1, 0.15) is 19.3 Å². The van der Waals surface area contributed by atoms with E-state index in [1.807, 2.05) is 0 Å². The molecule has 19 heteroatoms. The maximum Gasteiger partial charge on any atom is 0.472 e. The third-order valence-electron chi connectivity index (χ3n) is 18.9. The Balaban J connectivity index is 5.26. The van der Waals surface area contributed by atoms with Gasteiger partial charge in [-0.1, -0.05) is 350 Å². The summed E-state index contributed by atoms with van der Waals surface area (Å²) in [6, 6.07) is 0. The number of aliphatic hydroxyl groups excluding tert-OH is 1. The molecule has 0 bridgehead atoms. The molecule has 4 unspecified atom stereocenters. The summed E-state index contributed by atoms with van der Waals surface area (Å²) in [5, 5.41) is 10.6. The van der Waals surface area contributed by atoms with Crippen LogP contribution in [0.2, 0.25) is 0 Å². The maximum atomic E-state index is 13.1. The molecule has 0 spiro atoms. The van der Waals surface area contributed by atoms with Crippen LogP contribution in [0.25, 0.3) is 0 Å². The highest BCUT2D eigenvalue weighted by atomic mass is 31.2. The molecule has 7 atom stereocenters. The van der Waals surface area contributed by atoms with Crippen LogP contribution in [-0.4, -0.2) is 96.7 Å². The number of rotatable bonds is 76. The summed E-state index contributed by atoms with van der Waals surface area (Å²) in [5.41, 5.74) is 0. The third kappa shape index (κ3) is 69.5. The molecule has 0 aromatic carbocycles. The largest absolute Gasteiger partial charge is 0.472 e. The molecule has 576 valence electrons. The molecular formula is C78H152O17P2. The number of aliphatic hydroxyl groups is 1. The third-order valence-corrected chi connectivity index (χ3v) is 20.8. The SMILES string of the molecule is CCCCCCCCCCCCCC(=O)OC[C@H](COP(=O)(O)OC[C@H](O)COP(=O)(O)OC[C@@H](COC(=O)CCCCCCCCCCCCCC(C)C)OC(=O)CCCCCCCCCCCCCCCCC(C)CC)OC(=O)CCCCCCCCCCCCC(C)CC. The van der Waals surface area contributed by atoms with Crippen molar-refractivity contribution in [2.24, 2.45) is 17.8 Å². The number of carbonyl (C=O) groups excluding carboxylic acids is 4. The summed E-state index contributed by atoms with van der Waals surface area (Å²) >= 11 is 0. The number of carbonyl (C=O) groups is 4. The van der Waals surface area contributed by atoms with Gasteiger partial charge in [-0.15, -0.1) is 0 Å². The average molecular weight is 1420 g/mol. The predicted molar refractivity (Wildman–Crippen MR) is 395 cm³/mol. The minimum absolute atomic E-state index is 0.106. The van der Waals surface area contributed by atoms with E-state index >= 15 is 0 Å². The Morgan fingerprint density at radius 1 is 0.299 bits per heavy atom. The van der Waals surface area contributed by atoms with Crippen molar-refractivity contribution in [2.45, 2.75) is 420 Å². The number of hydrogen-bond acceptors (Lipinski definition) is 15. The molecule has 0 aliphatic carbocycles. The normalized spacial score (nSPS) is 14.6. The monoisotopic (exact) mass is 1420 g/mol. The molecule has 0 amide bonds. The van der Waals surface area contributed by atoms with Crippen molar-refractivity contribution in [3.05, 3.63) is 0 Å². The fourth-order valence-electron chi connectivity index (χ4n) is 11.9. The standard InChI is InChI=1S/C78H152O17P2/c1-8-11-12-13-14-15-21-31-38-45-52-59-75(80)88-65-74(95-78(83)62-55-48-41-34-27-26-30-37-44-51-58-71(7)10-3)68-93-97(86,87)91-64-72(79)63-90-96(84,85)92-67-73(66-89-76(81)60-53-46-39-32-25-20-22-28-35-42-49-56-69(4)5)94-77(82)61-54-47-40-33-24-19-17-16-18-23-29-36-43-50-57-70(6)9-2/h69-74,79H,8-68H2,1-7H3,(H,84,85)(H,86,87)/t70?,71?,72-,73-,74-/m1/s1. The van der Waals surface area contributed by atoms with Gasteiger partial charge in [0, 0.05) is 25.7 Å². The average Bonchev–Trinajstić information content (AvgIpc) is 1.28. The summed E-state index contributed by atoms with van der Waals surface area (Å²) in [5.74, 6) is 0.306. The Kier molecular flexibility index (Phi) is 67.1. The quantitative estimate of drug-likeness (QED) is 0.0222. The van der Waals surface area contributed by atoms with Gasteiger partial charge in [-0.3, -0.25) is 37.3 Å². The van der Waals surface area contributed by atoms with E-state index in [-0.39, 0.29) is 25.7 Å². The Bertz CT molecular complexity index is 1890. The summed E-state index contributed by atoms with van der Waals surface area (Å²) in [6.45, 7) is 12.0. The highest BCUT2D eigenvalue weighted by Gasteiger charge is 2.30. The zero-order chi connectivity index (χ0) is 71.6. The van der Waals surface area contributed by atoms with E-state index in [0.29, 0.717) is 25.7 Å². The highest BCUT2D eigenvalue weighted by Crippen LogP contribution is 2.45. The highest BCUT2D eigenvalue weighted by molar-refractivity contribution is 7.47. The number of esters is 4. The van der Waals surface area contributed by atoms with Gasteiger partial charge in [-0.05, 0) is 43.4 Å².